The second-order valence-electron chi connectivity index (χ2n) is 8.18. The second kappa shape index (κ2) is 10.1. The number of benzene rings is 1. The second-order valence-corrected chi connectivity index (χ2v) is 10.9. The van der Waals surface area contributed by atoms with E-state index in [1.165, 1.54) is 35.2 Å². The molecule has 3 aromatic heterocycles. The molecule has 1 aromatic carbocycles. The number of aromatic nitrogens is 2. The third kappa shape index (κ3) is 5.08. The number of amides is 1. The molecule has 0 bridgehead atoms. The van der Waals surface area contributed by atoms with E-state index in [0.29, 0.717) is 27.6 Å². The smallest absolute Gasteiger partial charge is 0.335 e. The fraction of sp³-hybridized carbons (Fsp3) is 0.250. The topological polar surface area (TPSA) is 101 Å². The van der Waals surface area contributed by atoms with Crippen LogP contribution in [0.4, 0.5) is 5.69 Å². The fourth-order valence-corrected chi connectivity index (χ4v) is 6.07. The maximum atomic E-state index is 13.5. The number of fused-ring (bicyclic) bond motifs is 1. The molecule has 0 saturated carbocycles. The third-order valence-electron chi connectivity index (χ3n) is 5.08. The molecule has 10 heteroatoms. The largest absolute Gasteiger partial charge is 0.478 e. The lowest BCUT2D eigenvalue weighted by Crippen LogP contribution is -2.26. The maximum Gasteiger partial charge on any atom is 0.335 e. The molecule has 176 valence electrons. The summed E-state index contributed by atoms with van der Waals surface area (Å²) in [7, 11) is 0. The number of aromatic carboxylic acids is 1. The van der Waals surface area contributed by atoms with Crippen molar-refractivity contribution in [2.75, 3.05) is 11.1 Å². The highest BCUT2D eigenvalue weighted by atomic mass is 32.2. The summed E-state index contributed by atoms with van der Waals surface area (Å²) in [6, 6.07) is 8.55. The summed E-state index contributed by atoms with van der Waals surface area (Å²) in [5.41, 5.74) is 2.11. The number of carboxylic acid groups (broad SMARTS) is 1. The van der Waals surface area contributed by atoms with Crippen LogP contribution >= 0.6 is 34.4 Å². The van der Waals surface area contributed by atoms with E-state index < -0.39 is 5.97 Å². The SMILES string of the molecule is Cc1ccc(C(=O)O)cc1NC(=O)CSc1nc2scc(-c3cccs3)c2c(=O)n1CC(C)C. The Morgan fingerprint density at radius 2 is 2.03 bits per heavy atom. The number of nitrogens with one attached hydrogen (secondary N) is 1. The summed E-state index contributed by atoms with van der Waals surface area (Å²) < 4.78 is 1.66. The number of carboxylic acids is 1. The van der Waals surface area contributed by atoms with Gasteiger partial charge in [0.15, 0.2) is 5.16 Å². The average molecular weight is 514 g/mol. The molecule has 0 fully saturated rings. The molecule has 2 N–H and O–H groups in total. The first-order chi connectivity index (χ1) is 16.2. The van der Waals surface area contributed by atoms with Gasteiger partial charge in [0.25, 0.3) is 5.56 Å². The van der Waals surface area contributed by atoms with E-state index in [-0.39, 0.29) is 28.7 Å². The van der Waals surface area contributed by atoms with Gasteiger partial charge in [0.2, 0.25) is 5.91 Å². The minimum atomic E-state index is -1.06. The van der Waals surface area contributed by atoms with Crippen molar-refractivity contribution in [1.82, 2.24) is 9.55 Å². The minimum Gasteiger partial charge on any atom is -0.478 e. The Morgan fingerprint density at radius 3 is 2.71 bits per heavy atom. The molecular weight excluding hydrogens is 490 g/mol. The van der Waals surface area contributed by atoms with Crippen molar-refractivity contribution < 1.29 is 14.7 Å². The summed E-state index contributed by atoms with van der Waals surface area (Å²) in [5.74, 6) is -1.10. The Labute approximate surface area is 208 Å². The number of aryl methyl sites for hydroxylation is 1. The van der Waals surface area contributed by atoms with E-state index >= 15 is 0 Å². The van der Waals surface area contributed by atoms with Gasteiger partial charge in [-0.1, -0.05) is 37.7 Å². The first-order valence-electron chi connectivity index (χ1n) is 10.6. The van der Waals surface area contributed by atoms with Crippen LogP contribution in [0.25, 0.3) is 20.7 Å². The van der Waals surface area contributed by atoms with Crippen molar-refractivity contribution in [1.29, 1.82) is 0 Å². The zero-order valence-electron chi connectivity index (χ0n) is 18.8. The maximum absolute atomic E-state index is 13.5. The molecule has 4 rings (SSSR count). The number of carbonyl (C=O) groups is 2. The van der Waals surface area contributed by atoms with Gasteiger partial charge in [0, 0.05) is 28.1 Å². The van der Waals surface area contributed by atoms with E-state index in [2.05, 4.69) is 5.32 Å². The zero-order valence-corrected chi connectivity index (χ0v) is 21.3. The Bertz CT molecular complexity index is 1420. The van der Waals surface area contributed by atoms with Gasteiger partial charge in [0.05, 0.1) is 16.7 Å². The van der Waals surface area contributed by atoms with E-state index in [9.17, 15) is 19.5 Å². The van der Waals surface area contributed by atoms with Crippen LogP contribution in [0.1, 0.15) is 29.8 Å². The van der Waals surface area contributed by atoms with Crippen molar-refractivity contribution in [2.45, 2.75) is 32.5 Å². The molecule has 0 aliphatic heterocycles. The Morgan fingerprint density at radius 1 is 1.24 bits per heavy atom. The van der Waals surface area contributed by atoms with Crippen molar-refractivity contribution in [3.05, 3.63) is 62.6 Å². The van der Waals surface area contributed by atoms with Gasteiger partial charge in [-0.25, -0.2) is 9.78 Å². The van der Waals surface area contributed by atoms with Gasteiger partial charge in [-0.3, -0.25) is 14.2 Å². The molecule has 1 amide bonds. The average Bonchev–Trinajstić information content (AvgIpc) is 3.45. The van der Waals surface area contributed by atoms with Gasteiger partial charge in [0.1, 0.15) is 4.83 Å². The van der Waals surface area contributed by atoms with Crippen LogP contribution in [0.5, 0.6) is 0 Å². The summed E-state index contributed by atoms with van der Waals surface area (Å²) >= 11 is 4.21. The number of hydrogen-bond acceptors (Lipinski definition) is 7. The molecule has 7 nitrogen and oxygen atoms in total. The number of hydrogen-bond donors (Lipinski definition) is 2. The van der Waals surface area contributed by atoms with Crippen molar-refractivity contribution in [3.63, 3.8) is 0 Å². The summed E-state index contributed by atoms with van der Waals surface area (Å²) in [4.78, 5) is 43.9. The Kier molecular flexibility index (Phi) is 7.20. The normalized spacial score (nSPS) is 11.3. The molecule has 0 aliphatic rings. The quantitative estimate of drug-likeness (QED) is 0.236. The molecule has 0 aliphatic carbocycles. The summed E-state index contributed by atoms with van der Waals surface area (Å²) in [6.07, 6.45) is 0. The Balaban J connectivity index is 1.61. The lowest BCUT2D eigenvalue weighted by molar-refractivity contribution is -0.113. The van der Waals surface area contributed by atoms with E-state index in [0.717, 1.165) is 16.0 Å². The van der Waals surface area contributed by atoms with Crippen molar-refractivity contribution in [3.8, 4) is 10.4 Å². The minimum absolute atomic E-state index is 0.0376. The van der Waals surface area contributed by atoms with E-state index in [1.807, 2.05) is 36.7 Å². The van der Waals surface area contributed by atoms with Crippen molar-refractivity contribution in [2.24, 2.45) is 5.92 Å². The summed E-state index contributed by atoms with van der Waals surface area (Å²) in [6.45, 7) is 6.35. The first-order valence-corrected chi connectivity index (χ1v) is 13.3. The molecule has 3 heterocycles. The van der Waals surface area contributed by atoms with E-state index in [1.54, 1.807) is 28.9 Å². The van der Waals surface area contributed by atoms with Gasteiger partial charge in [-0.15, -0.1) is 22.7 Å². The van der Waals surface area contributed by atoms with Crippen LogP contribution in [0, 0.1) is 12.8 Å². The molecule has 0 spiro atoms. The lowest BCUT2D eigenvalue weighted by Gasteiger charge is -2.14. The highest BCUT2D eigenvalue weighted by molar-refractivity contribution is 7.99. The Hall–Kier alpha value is -2.95. The zero-order chi connectivity index (χ0) is 24.4. The van der Waals surface area contributed by atoms with Gasteiger partial charge < -0.3 is 10.4 Å². The van der Waals surface area contributed by atoms with Crippen LogP contribution in [0.3, 0.4) is 0 Å². The van der Waals surface area contributed by atoms with E-state index in [4.69, 9.17) is 4.98 Å². The molecule has 0 saturated heterocycles. The molecule has 0 unspecified atom stereocenters. The molecule has 0 radical (unpaired) electrons. The van der Waals surface area contributed by atoms with Crippen LogP contribution in [0.2, 0.25) is 0 Å². The van der Waals surface area contributed by atoms with Gasteiger partial charge in [-0.2, -0.15) is 0 Å². The number of carbonyl (C=O) groups excluding carboxylic acids is 1. The number of thiophene rings is 2. The standard InChI is InChI=1S/C24H23N3O4S3/c1-13(2)10-27-22(29)20-16(18-5-4-8-32-18)11-33-21(20)26-24(27)34-12-19(28)25-17-9-15(23(30)31)7-6-14(17)3/h4-9,11,13H,10,12H2,1-3H3,(H,25,28)(H,30,31). The van der Waals surface area contributed by atoms with Crippen LogP contribution in [0.15, 0.2) is 51.0 Å². The predicted octanol–water partition coefficient (Wildman–Crippen LogP) is 5.58. The lowest BCUT2D eigenvalue weighted by atomic mass is 10.1. The number of anilines is 1. The fourth-order valence-electron chi connectivity index (χ4n) is 3.46. The number of rotatable bonds is 8. The third-order valence-corrected chi connectivity index (χ3v) is 7.84. The highest BCUT2D eigenvalue weighted by Crippen LogP contribution is 2.34. The van der Waals surface area contributed by atoms with Crippen LogP contribution < -0.4 is 10.9 Å². The number of nitrogens with zero attached hydrogens (tertiary/aromatic N) is 2. The molecular formula is C24H23N3O4S3. The van der Waals surface area contributed by atoms with Crippen LogP contribution in [-0.4, -0.2) is 32.3 Å². The first kappa shape index (κ1) is 24.2. The monoisotopic (exact) mass is 513 g/mol. The van der Waals surface area contributed by atoms with Gasteiger partial charge >= 0.3 is 5.97 Å². The molecule has 4 aromatic rings. The molecule has 0 atom stereocenters. The van der Waals surface area contributed by atoms with Crippen molar-refractivity contribution >= 4 is 62.2 Å². The predicted molar refractivity (Wildman–Crippen MR) is 140 cm³/mol. The van der Waals surface area contributed by atoms with Gasteiger partial charge in [-0.05, 0) is 42.0 Å². The highest BCUT2D eigenvalue weighted by Gasteiger charge is 2.19. The summed E-state index contributed by atoms with van der Waals surface area (Å²) in [5, 5.41) is 17.0. The van der Waals surface area contributed by atoms with Crippen LogP contribution in [-0.2, 0) is 11.3 Å². The molecule has 34 heavy (non-hydrogen) atoms. The number of thioether (sulfide) groups is 1.